The summed E-state index contributed by atoms with van der Waals surface area (Å²) in [5.41, 5.74) is 0.0720. The topological polar surface area (TPSA) is 113 Å². The van der Waals surface area contributed by atoms with Gasteiger partial charge in [-0.05, 0) is 140 Å². The standard InChI is InChI=1S/C45H78N2O6S2/c1-30(2)32-13-19-45(46-29-31(16-24-54-10)47-22-25-55(51,52)26-23-47)21-20-43(8)33(39(32)45)11-12-35-42(7)17-15-36(41(5,6)34(42)14-18-44(35,43)9)53-38(50)28-40(3,4)27-37(48)49/h30-36,39,46H,11-29H2,1-10H3,(H,48,49)/t31-,32+,33-,34+,35-,36+,39-,42+,43-,44-,45+/m1/s1. The lowest BCUT2D eigenvalue weighted by Gasteiger charge is -2.73. The van der Waals surface area contributed by atoms with E-state index in [1.54, 1.807) is 0 Å². The van der Waals surface area contributed by atoms with E-state index in [2.05, 4.69) is 64.9 Å². The van der Waals surface area contributed by atoms with Crippen LogP contribution in [0.1, 0.15) is 146 Å². The van der Waals surface area contributed by atoms with Crippen LogP contribution in [0.2, 0.25) is 0 Å². The Bertz CT molecular complexity index is 1520. The van der Waals surface area contributed by atoms with Gasteiger partial charge in [-0.25, -0.2) is 8.42 Å². The summed E-state index contributed by atoms with van der Waals surface area (Å²) in [7, 11) is -2.91. The third kappa shape index (κ3) is 7.97. The number of hydrogen-bond donors (Lipinski definition) is 2. The van der Waals surface area contributed by atoms with E-state index in [9.17, 15) is 23.1 Å². The highest BCUT2D eigenvalue weighted by molar-refractivity contribution is 7.98. The summed E-state index contributed by atoms with van der Waals surface area (Å²) in [5, 5.41) is 13.8. The van der Waals surface area contributed by atoms with Gasteiger partial charge in [0.25, 0.3) is 0 Å². The number of esters is 1. The van der Waals surface area contributed by atoms with Gasteiger partial charge in [-0.15, -0.1) is 0 Å². The van der Waals surface area contributed by atoms with Gasteiger partial charge in [-0.3, -0.25) is 14.5 Å². The third-order valence-electron chi connectivity index (χ3n) is 18.0. The lowest BCUT2D eigenvalue weighted by molar-refractivity contribution is -0.247. The van der Waals surface area contributed by atoms with Crippen LogP contribution in [0.5, 0.6) is 0 Å². The van der Waals surface area contributed by atoms with Gasteiger partial charge in [0, 0.05) is 36.6 Å². The minimum Gasteiger partial charge on any atom is -0.481 e. The molecule has 8 nitrogen and oxygen atoms in total. The van der Waals surface area contributed by atoms with Gasteiger partial charge in [-0.1, -0.05) is 62.3 Å². The number of sulfone groups is 1. The van der Waals surface area contributed by atoms with Crippen molar-refractivity contribution in [3.05, 3.63) is 0 Å². The number of carboxylic acid groups (broad SMARTS) is 1. The molecule has 6 fully saturated rings. The number of fused-ring (bicyclic) bond motifs is 7. The normalized spacial score (nSPS) is 41.7. The number of rotatable bonds is 13. The molecule has 0 bridgehead atoms. The molecule has 55 heavy (non-hydrogen) atoms. The molecule has 1 aliphatic heterocycles. The largest absolute Gasteiger partial charge is 0.481 e. The Morgan fingerprint density at radius 3 is 2.22 bits per heavy atom. The van der Waals surface area contributed by atoms with Crippen LogP contribution in [0.3, 0.4) is 0 Å². The number of ether oxygens (including phenoxy) is 1. The number of carbonyl (C=O) groups excluding carboxylic acids is 1. The van der Waals surface area contributed by atoms with Crippen LogP contribution in [0.15, 0.2) is 0 Å². The van der Waals surface area contributed by atoms with Crippen LogP contribution < -0.4 is 5.32 Å². The molecule has 0 aromatic heterocycles. The van der Waals surface area contributed by atoms with Crippen LogP contribution in [-0.2, 0) is 24.2 Å². The quantitative estimate of drug-likeness (QED) is 0.177. The average molecular weight is 807 g/mol. The van der Waals surface area contributed by atoms with Crippen LogP contribution in [0, 0.1) is 62.6 Å². The number of nitrogens with zero attached hydrogens (tertiary/aromatic N) is 1. The van der Waals surface area contributed by atoms with E-state index in [-0.39, 0.29) is 52.1 Å². The van der Waals surface area contributed by atoms with Crippen molar-refractivity contribution in [2.45, 2.75) is 163 Å². The van der Waals surface area contributed by atoms with Gasteiger partial charge in [0.15, 0.2) is 9.84 Å². The highest BCUT2D eigenvalue weighted by atomic mass is 32.2. The SMILES string of the molecule is CSCC[C@H](CN[C@]12CC[C@@H](C(C)C)[C@@H]1[C@H]1CC[C@@H]3[C@@]4(C)CC[C@H](OC(=O)CC(C)(C)CC(=O)O)C(C)(C)[C@@H]4CC[C@@]3(C)[C@]1(C)CC2)N1CCS(=O)(=O)CC1. The Labute approximate surface area is 339 Å². The highest BCUT2D eigenvalue weighted by Gasteiger charge is 2.71. The van der Waals surface area contributed by atoms with E-state index in [1.165, 1.54) is 51.4 Å². The maximum Gasteiger partial charge on any atom is 0.306 e. The minimum absolute atomic E-state index is 0.0432. The molecule has 11 atom stereocenters. The minimum atomic E-state index is -2.91. The Balaban J connectivity index is 1.21. The molecular formula is C45H78N2O6S2. The summed E-state index contributed by atoms with van der Waals surface area (Å²) in [6.07, 6.45) is 15.2. The Morgan fingerprint density at radius 2 is 1.58 bits per heavy atom. The Morgan fingerprint density at radius 1 is 0.891 bits per heavy atom. The smallest absolute Gasteiger partial charge is 0.306 e. The van der Waals surface area contributed by atoms with Crippen molar-refractivity contribution in [2.24, 2.45) is 62.6 Å². The molecule has 0 amide bonds. The second kappa shape index (κ2) is 15.6. The number of hydrogen-bond acceptors (Lipinski definition) is 8. The van der Waals surface area contributed by atoms with Crippen molar-refractivity contribution < 1.29 is 27.9 Å². The van der Waals surface area contributed by atoms with E-state index in [0.29, 0.717) is 60.2 Å². The van der Waals surface area contributed by atoms with Crippen LogP contribution >= 0.6 is 11.8 Å². The number of carboxylic acids is 1. The zero-order valence-electron chi connectivity index (χ0n) is 36.3. The van der Waals surface area contributed by atoms with E-state index in [1.807, 2.05) is 25.6 Å². The van der Waals surface area contributed by atoms with E-state index < -0.39 is 21.2 Å². The molecule has 0 unspecified atom stereocenters. The van der Waals surface area contributed by atoms with Crippen LogP contribution in [0.25, 0.3) is 0 Å². The van der Waals surface area contributed by atoms with Gasteiger partial charge in [0.2, 0.25) is 0 Å². The maximum absolute atomic E-state index is 13.3. The fourth-order valence-electron chi connectivity index (χ4n) is 15.0. The number of aliphatic carboxylic acids is 1. The molecule has 5 saturated carbocycles. The van der Waals surface area contributed by atoms with Crippen molar-refractivity contribution >= 4 is 33.5 Å². The first-order valence-electron chi connectivity index (χ1n) is 22.1. The monoisotopic (exact) mass is 807 g/mol. The zero-order chi connectivity index (χ0) is 40.4. The van der Waals surface area contributed by atoms with Crippen LogP contribution in [0.4, 0.5) is 0 Å². The van der Waals surface area contributed by atoms with Gasteiger partial charge in [0.05, 0.1) is 24.3 Å². The fourth-order valence-corrected chi connectivity index (χ4v) is 16.8. The highest BCUT2D eigenvalue weighted by Crippen LogP contribution is 2.76. The third-order valence-corrected chi connectivity index (χ3v) is 20.3. The Kier molecular flexibility index (Phi) is 12.4. The van der Waals surface area contributed by atoms with Crippen molar-refractivity contribution in [1.82, 2.24) is 10.2 Å². The lowest BCUT2D eigenvalue weighted by atomic mass is 9.32. The molecule has 1 saturated heterocycles. The molecule has 6 aliphatic rings. The second-order valence-corrected chi connectivity index (χ2v) is 25.3. The summed E-state index contributed by atoms with van der Waals surface area (Å²) < 4.78 is 31.0. The van der Waals surface area contributed by atoms with Gasteiger partial charge >= 0.3 is 11.9 Å². The summed E-state index contributed by atoms with van der Waals surface area (Å²) in [4.78, 5) is 27.2. The molecule has 0 spiro atoms. The predicted molar refractivity (Wildman–Crippen MR) is 225 cm³/mol. The number of carbonyl (C=O) groups is 2. The fraction of sp³-hybridized carbons (Fsp3) is 0.956. The van der Waals surface area contributed by atoms with Crippen molar-refractivity contribution in [3.8, 4) is 0 Å². The lowest BCUT2D eigenvalue weighted by Crippen LogP contribution is -2.69. The molecule has 1 heterocycles. The molecule has 0 aromatic rings. The average Bonchev–Trinajstić information content (AvgIpc) is 3.46. The number of nitrogens with one attached hydrogen (secondary N) is 1. The van der Waals surface area contributed by atoms with Gasteiger partial charge in [-0.2, -0.15) is 11.8 Å². The van der Waals surface area contributed by atoms with E-state index in [0.717, 1.165) is 37.5 Å². The first-order chi connectivity index (χ1) is 25.5. The molecule has 2 N–H and O–H groups in total. The first kappa shape index (κ1) is 43.7. The first-order valence-corrected chi connectivity index (χ1v) is 25.4. The summed E-state index contributed by atoms with van der Waals surface area (Å²) in [5.74, 6) is 4.39. The predicted octanol–water partition coefficient (Wildman–Crippen LogP) is 8.72. The molecule has 6 rings (SSSR count). The van der Waals surface area contributed by atoms with Crippen molar-refractivity contribution in [2.75, 3.05) is 43.1 Å². The summed E-state index contributed by atoms with van der Waals surface area (Å²) in [6, 6.07) is 0.377. The molecule has 10 heteroatoms. The zero-order valence-corrected chi connectivity index (χ0v) is 37.9. The molecular weight excluding hydrogens is 729 g/mol. The summed E-state index contributed by atoms with van der Waals surface area (Å²) >= 11 is 1.90. The van der Waals surface area contributed by atoms with Gasteiger partial charge in [0.1, 0.15) is 6.10 Å². The number of thioether (sulfide) groups is 1. The molecule has 316 valence electrons. The van der Waals surface area contributed by atoms with Crippen LogP contribution in [-0.4, -0.2) is 91.2 Å². The van der Waals surface area contributed by atoms with E-state index >= 15 is 0 Å². The second-order valence-electron chi connectivity index (χ2n) is 22.1. The molecule has 0 radical (unpaired) electrons. The molecule has 5 aliphatic carbocycles. The van der Waals surface area contributed by atoms with Crippen molar-refractivity contribution in [1.29, 1.82) is 0 Å². The summed E-state index contributed by atoms with van der Waals surface area (Å²) in [6.45, 7) is 23.7. The van der Waals surface area contributed by atoms with Crippen molar-refractivity contribution in [3.63, 3.8) is 0 Å². The van der Waals surface area contributed by atoms with Gasteiger partial charge < -0.3 is 15.2 Å². The Hall–Kier alpha value is -0.840. The van der Waals surface area contributed by atoms with E-state index in [4.69, 9.17) is 4.74 Å². The molecule has 0 aromatic carbocycles. The maximum atomic E-state index is 13.3.